The molecule has 1 aliphatic carbocycles. The van der Waals surface area contributed by atoms with Crippen LogP contribution in [-0.4, -0.2) is 43.3 Å². The predicted octanol–water partition coefficient (Wildman–Crippen LogP) is 5.59. The van der Waals surface area contributed by atoms with Crippen molar-refractivity contribution < 1.29 is 14.3 Å². The molecule has 0 spiro atoms. The third-order valence-corrected chi connectivity index (χ3v) is 7.66. The molecule has 5 heteroatoms. The van der Waals surface area contributed by atoms with Gasteiger partial charge in [0, 0.05) is 6.54 Å². The van der Waals surface area contributed by atoms with Gasteiger partial charge in [-0.2, -0.15) is 0 Å². The summed E-state index contributed by atoms with van der Waals surface area (Å²) in [6.45, 7) is 10.5. The van der Waals surface area contributed by atoms with Gasteiger partial charge in [0.1, 0.15) is 11.9 Å². The SMILES string of the molecule is CCCOc1ccc(-c2ccc3c(c2)CC(C)(C)C3NC(=O)O[C@H]2CN3CCC2CC3)cc1. The maximum absolute atomic E-state index is 12.9. The van der Waals surface area contributed by atoms with Gasteiger partial charge in [-0.15, -0.1) is 0 Å². The number of benzene rings is 2. The first-order valence-corrected chi connectivity index (χ1v) is 12.5. The number of carbonyl (C=O) groups excluding carboxylic acids is 1. The van der Waals surface area contributed by atoms with Crippen LogP contribution in [0.3, 0.4) is 0 Å². The Labute approximate surface area is 197 Å². The molecule has 0 aromatic heterocycles. The molecule has 176 valence electrons. The molecule has 1 N–H and O–H groups in total. The number of hydrogen-bond donors (Lipinski definition) is 1. The molecule has 2 bridgehead atoms. The maximum atomic E-state index is 12.9. The molecule has 33 heavy (non-hydrogen) atoms. The van der Waals surface area contributed by atoms with Crippen LogP contribution in [0.2, 0.25) is 0 Å². The summed E-state index contributed by atoms with van der Waals surface area (Å²) in [5, 5.41) is 3.22. The van der Waals surface area contributed by atoms with Crippen LogP contribution in [0.4, 0.5) is 4.79 Å². The molecule has 4 aliphatic rings. The second-order valence-electron chi connectivity index (χ2n) is 10.6. The van der Waals surface area contributed by atoms with Crippen molar-refractivity contribution in [3.05, 3.63) is 53.6 Å². The van der Waals surface area contributed by atoms with Gasteiger partial charge in [0.25, 0.3) is 0 Å². The van der Waals surface area contributed by atoms with E-state index >= 15 is 0 Å². The maximum Gasteiger partial charge on any atom is 0.407 e. The quantitative estimate of drug-likeness (QED) is 0.626. The van der Waals surface area contributed by atoms with Crippen LogP contribution in [0.15, 0.2) is 42.5 Å². The Morgan fingerprint density at radius 3 is 2.48 bits per heavy atom. The summed E-state index contributed by atoms with van der Waals surface area (Å²) < 4.78 is 11.6. The molecular formula is C28H36N2O3. The Bertz CT molecular complexity index is 993. The number of piperidine rings is 3. The van der Waals surface area contributed by atoms with Gasteiger partial charge in [-0.05, 0) is 84.5 Å². The van der Waals surface area contributed by atoms with Crippen LogP contribution in [0.25, 0.3) is 11.1 Å². The number of nitrogens with one attached hydrogen (secondary N) is 1. The van der Waals surface area contributed by atoms with Gasteiger partial charge in [-0.1, -0.05) is 51.1 Å². The highest BCUT2D eigenvalue weighted by Gasteiger charge is 2.42. The van der Waals surface area contributed by atoms with Crippen LogP contribution in [0.5, 0.6) is 5.75 Å². The molecule has 3 saturated heterocycles. The lowest BCUT2D eigenvalue weighted by atomic mass is 9.85. The minimum atomic E-state index is -0.272. The van der Waals surface area contributed by atoms with Crippen molar-refractivity contribution in [3.63, 3.8) is 0 Å². The van der Waals surface area contributed by atoms with Gasteiger partial charge in [0.2, 0.25) is 0 Å². The van der Waals surface area contributed by atoms with E-state index in [4.69, 9.17) is 9.47 Å². The third-order valence-electron chi connectivity index (χ3n) is 7.66. The number of amides is 1. The van der Waals surface area contributed by atoms with E-state index in [-0.39, 0.29) is 23.7 Å². The van der Waals surface area contributed by atoms with Crippen molar-refractivity contribution in [3.8, 4) is 16.9 Å². The molecule has 3 aliphatic heterocycles. The van der Waals surface area contributed by atoms with Gasteiger partial charge in [0.05, 0.1) is 12.6 Å². The van der Waals surface area contributed by atoms with Crippen LogP contribution < -0.4 is 10.1 Å². The summed E-state index contributed by atoms with van der Waals surface area (Å²) in [4.78, 5) is 15.3. The number of nitrogens with zero attached hydrogens (tertiary/aromatic N) is 1. The van der Waals surface area contributed by atoms with E-state index in [1.165, 1.54) is 22.3 Å². The second kappa shape index (κ2) is 9.02. The first-order chi connectivity index (χ1) is 15.9. The number of fused-ring (bicyclic) bond motifs is 4. The molecule has 2 atom stereocenters. The highest BCUT2D eigenvalue weighted by atomic mass is 16.6. The van der Waals surface area contributed by atoms with E-state index in [1.54, 1.807) is 0 Å². The monoisotopic (exact) mass is 448 g/mol. The van der Waals surface area contributed by atoms with E-state index in [0.29, 0.717) is 5.92 Å². The van der Waals surface area contributed by atoms with Crippen molar-refractivity contribution in [2.24, 2.45) is 11.3 Å². The molecule has 1 unspecified atom stereocenters. The lowest BCUT2D eigenvalue weighted by Crippen LogP contribution is -2.53. The topological polar surface area (TPSA) is 50.8 Å². The Morgan fingerprint density at radius 1 is 1.09 bits per heavy atom. The summed E-state index contributed by atoms with van der Waals surface area (Å²) in [6.07, 6.45) is 3.98. The van der Waals surface area contributed by atoms with Gasteiger partial charge < -0.3 is 14.8 Å². The van der Waals surface area contributed by atoms with E-state index in [0.717, 1.165) is 57.7 Å². The summed E-state index contributed by atoms with van der Waals surface area (Å²) in [5.41, 5.74) is 4.82. The Kier molecular flexibility index (Phi) is 6.09. The number of alkyl carbamates (subject to hydrolysis) is 1. The average Bonchev–Trinajstić information content (AvgIpc) is 3.07. The minimum absolute atomic E-state index is 0.0307. The number of hydrogen-bond acceptors (Lipinski definition) is 4. The second-order valence-corrected chi connectivity index (χ2v) is 10.6. The number of rotatable bonds is 6. The molecule has 2 aromatic rings. The molecule has 0 saturated carbocycles. The van der Waals surface area contributed by atoms with E-state index in [2.05, 4.69) is 61.3 Å². The summed E-state index contributed by atoms with van der Waals surface area (Å²) in [7, 11) is 0. The predicted molar refractivity (Wildman–Crippen MR) is 130 cm³/mol. The molecule has 2 aromatic carbocycles. The zero-order chi connectivity index (χ0) is 23.0. The third kappa shape index (κ3) is 4.61. The molecule has 5 nitrogen and oxygen atoms in total. The normalized spacial score (nSPS) is 27.1. The van der Waals surface area contributed by atoms with Crippen LogP contribution in [0, 0.1) is 11.3 Å². The molecule has 0 radical (unpaired) electrons. The van der Waals surface area contributed by atoms with Gasteiger partial charge in [-0.25, -0.2) is 4.79 Å². The molecule has 3 heterocycles. The van der Waals surface area contributed by atoms with Crippen molar-refractivity contribution in [1.29, 1.82) is 0 Å². The number of carbonyl (C=O) groups is 1. The Morgan fingerprint density at radius 2 is 1.82 bits per heavy atom. The van der Waals surface area contributed by atoms with Crippen molar-refractivity contribution in [1.82, 2.24) is 10.2 Å². The summed E-state index contributed by atoms with van der Waals surface area (Å²) in [5.74, 6) is 1.43. The van der Waals surface area contributed by atoms with Crippen molar-refractivity contribution in [2.45, 2.75) is 58.6 Å². The first kappa shape index (κ1) is 22.3. The lowest BCUT2D eigenvalue weighted by molar-refractivity contribution is -0.0348. The minimum Gasteiger partial charge on any atom is -0.494 e. The molecule has 6 rings (SSSR count). The largest absolute Gasteiger partial charge is 0.494 e. The summed E-state index contributed by atoms with van der Waals surface area (Å²) >= 11 is 0. The highest BCUT2D eigenvalue weighted by molar-refractivity contribution is 5.70. The van der Waals surface area contributed by atoms with Gasteiger partial charge >= 0.3 is 6.09 Å². The van der Waals surface area contributed by atoms with Gasteiger partial charge in [-0.3, -0.25) is 4.90 Å². The lowest BCUT2D eigenvalue weighted by Gasteiger charge is -2.44. The van der Waals surface area contributed by atoms with E-state index < -0.39 is 0 Å². The van der Waals surface area contributed by atoms with Crippen molar-refractivity contribution >= 4 is 6.09 Å². The fraction of sp³-hybridized carbons (Fsp3) is 0.536. The molecule has 1 amide bonds. The van der Waals surface area contributed by atoms with Crippen LogP contribution in [-0.2, 0) is 11.2 Å². The van der Waals surface area contributed by atoms with Crippen LogP contribution >= 0.6 is 0 Å². The molecular weight excluding hydrogens is 412 g/mol. The van der Waals surface area contributed by atoms with Crippen molar-refractivity contribution in [2.75, 3.05) is 26.2 Å². The molecule has 3 fully saturated rings. The smallest absolute Gasteiger partial charge is 0.407 e. The number of ether oxygens (including phenoxy) is 2. The fourth-order valence-electron chi connectivity index (χ4n) is 5.80. The van der Waals surface area contributed by atoms with E-state index in [1.807, 2.05) is 12.1 Å². The Balaban J connectivity index is 1.28. The Hall–Kier alpha value is -2.53. The van der Waals surface area contributed by atoms with Gasteiger partial charge in [0.15, 0.2) is 0 Å². The fourth-order valence-corrected chi connectivity index (χ4v) is 5.80. The highest BCUT2D eigenvalue weighted by Crippen LogP contribution is 2.46. The average molecular weight is 449 g/mol. The summed E-state index contributed by atoms with van der Waals surface area (Å²) in [6, 6.07) is 14.9. The zero-order valence-corrected chi connectivity index (χ0v) is 20.1. The van der Waals surface area contributed by atoms with E-state index in [9.17, 15) is 4.79 Å². The zero-order valence-electron chi connectivity index (χ0n) is 20.1. The van der Waals surface area contributed by atoms with Crippen LogP contribution in [0.1, 0.15) is 57.2 Å². The first-order valence-electron chi connectivity index (χ1n) is 12.5. The standard InChI is InChI=1S/C28H36N2O3/c1-4-15-32-23-8-5-19(6-9-23)21-7-10-24-22(16-21)17-28(2,3)26(24)29-27(31)33-25-18-30-13-11-20(25)12-14-30/h5-10,16,20,25-26H,4,11-15,17-18H2,1-3H3,(H,29,31)/t25-,26?/m0/s1.